The molecule has 1 saturated carbocycles. The van der Waals surface area contributed by atoms with Crippen LogP contribution in [0.25, 0.3) is 0 Å². The van der Waals surface area contributed by atoms with Gasteiger partial charge in [0.2, 0.25) is 5.91 Å². The first-order chi connectivity index (χ1) is 8.85. The topological polar surface area (TPSA) is 55.6 Å². The number of amides is 1. The van der Waals surface area contributed by atoms with Gasteiger partial charge in [-0.3, -0.25) is 4.79 Å². The fourth-order valence-electron chi connectivity index (χ4n) is 2.63. The second-order valence-electron chi connectivity index (χ2n) is 5.63. The summed E-state index contributed by atoms with van der Waals surface area (Å²) in [6.45, 7) is 14.9. The summed E-state index contributed by atoms with van der Waals surface area (Å²) in [5, 5.41) is 0. The van der Waals surface area contributed by atoms with Crippen molar-refractivity contribution in [2.45, 2.75) is 38.8 Å². The molecule has 2 atom stereocenters. The molecule has 20 heavy (non-hydrogen) atoms. The highest BCUT2D eigenvalue weighted by atomic mass is 35.5. The number of rotatable bonds is 7. The first-order valence-electron chi connectivity index (χ1n) is 6.76. The minimum Gasteiger partial charge on any atom is -0.378 e. The Morgan fingerprint density at radius 3 is 2.25 bits per heavy atom. The molecular formula is C15H27ClN2O2. The number of nitrogens with zero attached hydrogens (tertiary/aromatic N) is 1. The molecule has 0 aliphatic heterocycles. The molecule has 1 rings (SSSR count). The van der Waals surface area contributed by atoms with Crippen LogP contribution in [-0.4, -0.2) is 42.1 Å². The van der Waals surface area contributed by atoms with Gasteiger partial charge in [-0.1, -0.05) is 26.0 Å². The van der Waals surface area contributed by atoms with Gasteiger partial charge in [0.25, 0.3) is 0 Å². The predicted octanol–water partition coefficient (Wildman–Crippen LogP) is 2.14. The molecule has 0 radical (unpaired) electrons. The molecule has 1 amide bonds. The van der Waals surface area contributed by atoms with E-state index in [2.05, 4.69) is 13.2 Å². The van der Waals surface area contributed by atoms with Crippen LogP contribution >= 0.6 is 12.4 Å². The number of hydrogen-bond donors (Lipinski definition) is 1. The highest BCUT2D eigenvalue weighted by Crippen LogP contribution is 2.50. The van der Waals surface area contributed by atoms with Gasteiger partial charge in [0.15, 0.2) is 0 Å². The molecule has 0 spiro atoms. The van der Waals surface area contributed by atoms with Crippen LogP contribution < -0.4 is 5.73 Å². The first-order valence-corrected chi connectivity index (χ1v) is 6.76. The minimum atomic E-state index is -0.862. The van der Waals surface area contributed by atoms with Gasteiger partial charge < -0.3 is 15.4 Å². The monoisotopic (exact) mass is 302 g/mol. The number of ether oxygens (including phenoxy) is 1. The Bertz CT molecular complexity index is 361. The SMILES string of the molecule is C=CCN(CC=C)C(=O)C1(N)CC(OCC)C1(C)C.Cl. The number of nitrogens with two attached hydrogens (primary N) is 1. The summed E-state index contributed by atoms with van der Waals surface area (Å²) in [6.07, 6.45) is 4.02. The number of carbonyl (C=O) groups excluding carboxylic acids is 1. The highest BCUT2D eigenvalue weighted by molar-refractivity contribution is 5.89. The molecule has 0 aromatic carbocycles. The summed E-state index contributed by atoms with van der Waals surface area (Å²) < 4.78 is 5.65. The Kier molecular flexibility index (Phi) is 6.94. The molecule has 2 unspecified atom stereocenters. The van der Waals surface area contributed by atoms with E-state index in [9.17, 15) is 4.79 Å². The van der Waals surface area contributed by atoms with Crippen LogP contribution in [0.3, 0.4) is 0 Å². The maximum atomic E-state index is 12.6. The van der Waals surface area contributed by atoms with E-state index < -0.39 is 5.54 Å². The maximum absolute atomic E-state index is 12.6. The summed E-state index contributed by atoms with van der Waals surface area (Å²) in [4.78, 5) is 14.3. The Labute approximate surface area is 128 Å². The Balaban J connectivity index is 0.00000361. The van der Waals surface area contributed by atoms with E-state index in [4.69, 9.17) is 10.5 Å². The smallest absolute Gasteiger partial charge is 0.243 e. The Morgan fingerprint density at radius 1 is 1.40 bits per heavy atom. The Hall–Kier alpha value is -0.840. The maximum Gasteiger partial charge on any atom is 0.243 e. The third-order valence-electron chi connectivity index (χ3n) is 4.20. The van der Waals surface area contributed by atoms with Crippen LogP contribution in [0.15, 0.2) is 25.3 Å². The van der Waals surface area contributed by atoms with E-state index in [1.807, 2.05) is 20.8 Å². The largest absolute Gasteiger partial charge is 0.378 e. The van der Waals surface area contributed by atoms with Crippen molar-refractivity contribution >= 4 is 18.3 Å². The molecule has 1 aliphatic rings. The van der Waals surface area contributed by atoms with Crippen molar-refractivity contribution in [2.24, 2.45) is 11.1 Å². The number of hydrogen-bond acceptors (Lipinski definition) is 3. The quantitative estimate of drug-likeness (QED) is 0.733. The third kappa shape index (κ3) is 3.08. The van der Waals surface area contributed by atoms with Crippen molar-refractivity contribution in [2.75, 3.05) is 19.7 Å². The van der Waals surface area contributed by atoms with Gasteiger partial charge in [-0.25, -0.2) is 0 Å². The molecular weight excluding hydrogens is 276 g/mol. The lowest BCUT2D eigenvalue weighted by Gasteiger charge is -2.58. The number of halogens is 1. The summed E-state index contributed by atoms with van der Waals surface area (Å²) >= 11 is 0. The molecule has 1 aliphatic carbocycles. The summed E-state index contributed by atoms with van der Waals surface area (Å²) in [7, 11) is 0. The van der Waals surface area contributed by atoms with Crippen molar-refractivity contribution in [3.05, 3.63) is 25.3 Å². The van der Waals surface area contributed by atoms with Crippen molar-refractivity contribution in [3.63, 3.8) is 0 Å². The lowest BCUT2D eigenvalue weighted by molar-refractivity contribution is -0.178. The van der Waals surface area contributed by atoms with Crippen molar-refractivity contribution in [1.29, 1.82) is 0 Å². The second kappa shape index (κ2) is 7.25. The zero-order chi connectivity index (χ0) is 14.7. The van der Waals surface area contributed by atoms with Gasteiger partial charge in [0.1, 0.15) is 5.54 Å². The van der Waals surface area contributed by atoms with E-state index in [1.54, 1.807) is 17.1 Å². The summed E-state index contributed by atoms with van der Waals surface area (Å²) in [6, 6.07) is 0. The van der Waals surface area contributed by atoms with Gasteiger partial charge in [0, 0.05) is 31.5 Å². The molecule has 1 fully saturated rings. The van der Waals surface area contributed by atoms with Gasteiger partial charge >= 0.3 is 0 Å². The number of carbonyl (C=O) groups is 1. The molecule has 0 bridgehead atoms. The lowest BCUT2D eigenvalue weighted by atomic mass is 9.54. The van der Waals surface area contributed by atoms with Crippen molar-refractivity contribution in [3.8, 4) is 0 Å². The standard InChI is InChI=1S/C15H26N2O2.ClH/c1-6-9-17(10-7-2)13(18)15(16)11-12(19-8-3)14(15,4)5;/h6-7,12H,1-2,8-11,16H2,3-5H3;1H. The Morgan fingerprint density at radius 2 is 1.90 bits per heavy atom. The lowest BCUT2D eigenvalue weighted by Crippen LogP contribution is -2.76. The van der Waals surface area contributed by atoms with Crippen LogP contribution in [0.5, 0.6) is 0 Å². The molecule has 5 heteroatoms. The van der Waals surface area contributed by atoms with E-state index in [1.165, 1.54) is 0 Å². The average Bonchev–Trinajstić information content (AvgIpc) is 2.37. The van der Waals surface area contributed by atoms with Gasteiger partial charge in [0.05, 0.1) is 6.10 Å². The van der Waals surface area contributed by atoms with E-state index in [0.717, 1.165) is 0 Å². The van der Waals surface area contributed by atoms with E-state index in [0.29, 0.717) is 26.1 Å². The third-order valence-corrected chi connectivity index (χ3v) is 4.20. The molecule has 4 nitrogen and oxygen atoms in total. The van der Waals surface area contributed by atoms with Gasteiger partial charge in [-0.05, 0) is 6.92 Å². The van der Waals surface area contributed by atoms with Crippen molar-refractivity contribution < 1.29 is 9.53 Å². The highest BCUT2D eigenvalue weighted by Gasteiger charge is 2.63. The van der Waals surface area contributed by atoms with Crippen LogP contribution in [0.4, 0.5) is 0 Å². The molecule has 0 saturated heterocycles. The molecule has 2 N–H and O–H groups in total. The fraction of sp³-hybridized carbons (Fsp3) is 0.667. The van der Waals surface area contributed by atoms with E-state index in [-0.39, 0.29) is 29.8 Å². The van der Waals surface area contributed by atoms with Gasteiger partial charge in [-0.15, -0.1) is 25.6 Å². The average molecular weight is 303 g/mol. The van der Waals surface area contributed by atoms with Crippen molar-refractivity contribution in [1.82, 2.24) is 4.90 Å². The normalized spacial score (nSPS) is 26.9. The van der Waals surface area contributed by atoms with E-state index >= 15 is 0 Å². The molecule has 0 aromatic rings. The summed E-state index contributed by atoms with van der Waals surface area (Å²) in [5.41, 5.74) is 5.14. The minimum absolute atomic E-state index is 0. The van der Waals surface area contributed by atoms with Crippen LogP contribution in [0, 0.1) is 5.41 Å². The fourth-order valence-corrected chi connectivity index (χ4v) is 2.63. The zero-order valence-electron chi connectivity index (χ0n) is 12.7. The summed E-state index contributed by atoms with van der Waals surface area (Å²) in [5.74, 6) is -0.0479. The first kappa shape index (κ1) is 19.2. The predicted molar refractivity (Wildman–Crippen MR) is 85.0 cm³/mol. The van der Waals surface area contributed by atoms with Crippen LogP contribution in [0.2, 0.25) is 0 Å². The molecule has 0 aromatic heterocycles. The van der Waals surface area contributed by atoms with Crippen LogP contribution in [-0.2, 0) is 9.53 Å². The molecule has 116 valence electrons. The second-order valence-corrected chi connectivity index (χ2v) is 5.63. The van der Waals surface area contributed by atoms with Crippen LogP contribution in [0.1, 0.15) is 27.2 Å². The zero-order valence-corrected chi connectivity index (χ0v) is 13.5. The van der Waals surface area contributed by atoms with Gasteiger partial charge in [-0.2, -0.15) is 0 Å². The molecule has 0 heterocycles.